The summed E-state index contributed by atoms with van der Waals surface area (Å²) in [6, 6.07) is 19.2. The third kappa shape index (κ3) is 5.44. The van der Waals surface area contributed by atoms with Gasteiger partial charge in [0.15, 0.2) is 0 Å². The Balaban J connectivity index is 1.68. The van der Waals surface area contributed by atoms with Crippen LogP contribution in [0, 0.1) is 11.3 Å². The van der Waals surface area contributed by atoms with Gasteiger partial charge in [-0.15, -0.1) is 0 Å². The number of hydrogen-bond acceptors (Lipinski definition) is 4. The fourth-order valence-corrected chi connectivity index (χ4v) is 2.88. The number of benzene rings is 2. The van der Waals surface area contributed by atoms with Gasteiger partial charge in [0.25, 0.3) is 5.91 Å². The highest BCUT2D eigenvalue weighted by Crippen LogP contribution is 2.22. The fourth-order valence-electron chi connectivity index (χ4n) is 2.88. The van der Waals surface area contributed by atoms with Crippen LogP contribution in [0.3, 0.4) is 0 Å². The van der Waals surface area contributed by atoms with E-state index in [1.54, 1.807) is 6.08 Å². The number of nitrogens with zero attached hydrogens (tertiary/aromatic N) is 1. The molecular weight excluding hydrogens is 340 g/mol. The van der Waals surface area contributed by atoms with Crippen LogP contribution in [0.15, 0.2) is 60.2 Å². The molecule has 1 aliphatic rings. The molecule has 27 heavy (non-hydrogen) atoms. The Morgan fingerprint density at radius 3 is 2.74 bits per heavy atom. The Morgan fingerprint density at radius 2 is 2.00 bits per heavy atom. The Kier molecular flexibility index (Phi) is 6.61. The maximum absolute atomic E-state index is 12.3. The van der Waals surface area contributed by atoms with E-state index < -0.39 is 5.91 Å². The first kappa shape index (κ1) is 18.7. The third-order valence-electron chi connectivity index (χ3n) is 4.34. The lowest BCUT2D eigenvalue weighted by Gasteiger charge is -2.11. The van der Waals surface area contributed by atoms with Crippen molar-refractivity contribution in [1.29, 1.82) is 5.26 Å². The fraction of sp³-hybridized carbons (Fsp3) is 0.273. The minimum absolute atomic E-state index is 0.0374. The molecule has 0 aliphatic carbocycles. The van der Waals surface area contributed by atoms with Crippen molar-refractivity contribution < 1.29 is 14.3 Å². The van der Waals surface area contributed by atoms with Gasteiger partial charge in [0.1, 0.15) is 24.0 Å². The largest absolute Gasteiger partial charge is 0.488 e. The van der Waals surface area contributed by atoms with Gasteiger partial charge >= 0.3 is 0 Å². The van der Waals surface area contributed by atoms with Crippen molar-refractivity contribution >= 4 is 12.0 Å². The van der Waals surface area contributed by atoms with E-state index in [9.17, 15) is 10.1 Å². The summed E-state index contributed by atoms with van der Waals surface area (Å²) in [5.74, 6) is 0.229. The maximum atomic E-state index is 12.3. The first-order valence-electron chi connectivity index (χ1n) is 9.03. The quantitative estimate of drug-likeness (QED) is 0.605. The lowest BCUT2D eigenvalue weighted by Crippen LogP contribution is -2.32. The number of nitrogens with one attached hydrogen (secondary N) is 1. The van der Waals surface area contributed by atoms with Crippen molar-refractivity contribution in [3.63, 3.8) is 0 Å². The zero-order valence-electron chi connectivity index (χ0n) is 15.1. The molecule has 1 saturated heterocycles. The van der Waals surface area contributed by atoms with E-state index in [1.807, 2.05) is 60.7 Å². The Hall–Kier alpha value is -3.10. The average Bonchev–Trinajstić information content (AvgIpc) is 3.24. The van der Waals surface area contributed by atoms with Crippen molar-refractivity contribution in [2.24, 2.45) is 0 Å². The predicted octanol–water partition coefficient (Wildman–Crippen LogP) is 3.47. The molecule has 1 fully saturated rings. The van der Waals surface area contributed by atoms with E-state index in [1.165, 1.54) is 0 Å². The molecule has 2 aromatic carbocycles. The first-order valence-corrected chi connectivity index (χ1v) is 9.03. The van der Waals surface area contributed by atoms with Crippen LogP contribution >= 0.6 is 0 Å². The van der Waals surface area contributed by atoms with E-state index in [0.717, 1.165) is 25.0 Å². The molecule has 5 heteroatoms. The highest BCUT2D eigenvalue weighted by atomic mass is 16.5. The van der Waals surface area contributed by atoms with Gasteiger partial charge < -0.3 is 14.8 Å². The summed E-state index contributed by atoms with van der Waals surface area (Å²) in [6.07, 6.45) is 3.54. The number of para-hydroxylation sites is 1. The monoisotopic (exact) mass is 362 g/mol. The Morgan fingerprint density at radius 1 is 1.22 bits per heavy atom. The molecule has 2 aromatic rings. The summed E-state index contributed by atoms with van der Waals surface area (Å²) in [5, 5.41) is 12.2. The predicted molar refractivity (Wildman–Crippen MR) is 103 cm³/mol. The lowest BCUT2D eigenvalue weighted by atomic mass is 10.1. The second kappa shape index (κ2) is 9.56. The molecule has 0 saturated carbocycles. The molecule has 0 bridgehead atoms. The highest BCUT2D eigenvalue weighted by Gasteiger charge is 2.18. The topological polar surface area (TPSA) is 71.3 Å². The summed E-state index contributed by atoms with van der Waals surface area (Å²) in [4.78, 5) is 12.3. The highest BCUT2D eigenvalue weighted by molar-refractivity contribution is 6.02. The molecule has 1 atom stereocenters. The van der Waals surface area contributed by atoms with E-state index >= 15 is 0 Å². The van der Waals surface area contributed by atoms with Crippen LogP contribution in [0.5, 0.6) is 5.75 Å². The van der Waals surface area contributed by atoms with Crippen LogP contribution in [0.1, 0.15) is 24.0 Å². The van der Waals surface area contributed by atoms with E-state index in [4.69, 9.17) is 9.47 Å². The lowest BCUT2D eigenvalue weighted by molar-refractivity contribution is -0.117. The molecule has 0 spiro atoms. The van der Waals surface area contributed by atoms with Crippen molar-refractivity contribution in [2.45, 2.75) is 25.6 Å². The van der Waals surface area contributed by atoms with Gasteiger partial charge in [-0.1, -0.05) is 48.5 Å². The summed E-state index contributed by atoms with van der Waals surface area (Å²) in [6.45, 7) is 1.57. The van der Waals surface area contributed by atoms with Gasteiger partial charge in [-0.05, 0) is 30.5 Å². The molecule has 3 rings (SSSR count). The van der Waals surface area contributed by atoms with Crippen molar-refractivity contribution in [3.8, 4) is 11.8 Å². The number of amides is 1. The first-order chi connectivity index (χ1) is 13.3. The normalized spacial score (nSPS) is 16.6. The van der Waals surface area contributed by atoms with Crippen LogP contribution in [-0.2, 0) is 16.1 Å². The van der Waals surface area contributed by atoms with Crippen LogP contribution in [0.25, 0.3) is 6.08 Å². The van der Waals surface area contributed by atoms with Crippen LogP contribution in [-0.4, -0.2) is 25.2 Å². The molecule has 138 valence electrons. The van der Waals surface area contributed by atoms with Gasteiger partial charge in [0.2, 0.25) is 0 Å². The molecule has 1 unspecified atom stereocenters. The van der Waals surface area contributed by atoms with Crippen LogP contribution in [0.4, 0.5) is 0 Å². The third-order valence-corrected chi connectivity index (χ3v) is 4.34. The summed E-state index contributed by atoms with van der Waals surface area (Å²) in [7, 11) is 0. The van der Waals surface area contributed by atoms with Gasteiger partial charge in [0.05, 0.1) is 6.10 Å². The number of nitriles is 1. The standard InChI is InChI=1S/C22H22N2O3/c23-14-19(22(25)24-15-20-10-6-12-26-20)13-18-9-4-5-11-21(18)27-16-17-7-2-1-3-8-17/h1-5,7-9,11,13,20H,6,10,12,15-16H2,(H,24,25). The molecule has 1 heterocycles. The molecule has 1 amide bonds. The summed E-state index contributed by atoms with van der Waals surface area (Å²) >= 11 is 0. The average molecular weight is 362 g/mol. The molecule has 1 N–H and O–H groups in total. The number of carbonyl (C=O) groups is 1. The number of hydrogen-bond donors (Lipinski definition) is 1. The number of rotatable bonds is 7. The van der Waals surface area contributed by atoms with Crippen LogP contribution < -0.4 is 10.1 Å². The van der Waals surface area contributed by atoms with Gasteiger partial charge in [-0.3, -0.25) is 4.79 Å². The second-order valence-electron chi connectivity index (χ2n) is 6.33. The van der Waals surface area contributed by atoms with Gasteiger partial charge in [-0.25, -0.2) is 0 Å². The zero-order valence-corrected chi connectivity index (χ0v) is 15.1. The summed E-state index contributed by atoms with van der Waals surface area (Å²) < 4.78 is 11.4. The van der Waals surface area contributed by atoms with E-state index in [0.29, 0.717) is 24.5 Å². The second-order valence-corrected chi connectivity index (χ2v) is 6.33. The van der Waals surface area contributed by atoms with E-state index in [-0.39, 0.29) is 11.7 Å². The summed E-state index contributed by atoms with van der Waals surface area (Å²) in [5.41, 5.74) is 1.78. The Bertz CT molecular complexity index is 834. The SMILES string of the molecule is N#CC(=Cc1ccccc1OCc1ccccc1)C(=O)NCC1CCCO1. The maximum Gasteiger partial charge on any atom is 0.262 e. The van der Waals surface area contributed by atoms with Crippen LogP contribution in [0.2, 0.25) is 0 Å². The molecular formula is C22H22N2O3. The molecule has 5 nitrogen and oxygen atoms in total. The molecule has 1 aliphatic heterocycles. The van der Waals surface area contributed by atoms with Crippen molar-refractivity contribution in [1.82, 2.24) is 5.32 Å². The number of carbonyl (C=O) groups excluding carboxylic acids is 1. The zero-order chi connectivity index (χ0) is 18.9. The van der Waals surface area contributed by atoms with E-state index in [2.05, 4.69) is 5.32 Å². The van der Waals surface area contributed by atoms with Gasteiger partial charge in [0, 0.05) is 18.7 Å². The Labute approximate surface area is 159 Å². The minimum atomic E-state index is -0.397. The van der Waals surface area contributed by atoms with Crippen molar-refractivity contribution in [3.05, 3.63) is 71.3 Å². The molecule has 0 aromatic heterocycles. The smallest absolute Gasteiger partial charge is 0.262 e. The van der Waals surface area contributed by atoms with Gasteiger partial charge in [-0.2, -0.15) is 5.26 Å². The van der Waals surface area contributed by atoms with Crippen molar-refractivity contribution in [2.75, 3.05) is 13.2 Å². The molecule has 0 radical (unpaired) electrons. The minimum Gasteiger partial charge on any atom is -0.488 e. The number of ether oxygens (including phenoxy) is 2.